The fourth-order valence-corrected chi connectivity index (χ4v) is 5.21. The number of aromatic nitrogens is 1. The molecular weight excluding hydrogens is 505 g/mol. The first-order chi connectivity index (χ1) is 18.0. The van der Waals surface area contributed by atoms with Gasteiger partial charge in [-0.3, -0.25) is 10.2 Å². The molecule has 7 heteroatoms. The van der Waals surface area contributed by atoms with Gasteiger partial charge in [-0.2, -0.15) is 0 Å². The van der Waals surface area contributed by atoms with E-state index in [1.807, 2.05) is 84.7 Å². The fourth-order valence-electron chi connectivity index (χ4n) is 4.71. The summed E-state index contributed by atoms with van der Waals surface area (Å²) >= 11 is 12.8. The molecule has 0 saturated carbocycles. The van der Waals surface area contributed by atoms with E-state index in [9.17, 15) is 4.79 Å². The molecule has 0 aliphatic carbocycles. The topological polar surface area (TPSA) is 46.5 Å². The van der Waals surface area contributed by atoms with Crippen molar-refractivity contribution in [1.29, 1.82) is 0 Å². The van der Waals surface area contributed by atoms with Crippen LogP contribution in [0.1, 0.15) is 40.9 Å². The van der Waals surface area contributed by atoms with Gasteiger partial charge in [0.05, 0.1) is 16.3 Å². The molecule has 1 aromatic heterocycles. The van der Waals surface area contributed by atoms with Gasteiger partial charge in [0, 0.05) is 35.1 Å². The maximum atomic E-state index is 13.3. The Labute approximate surface area is 227 Å². The average molecular weight is 534 g/mol. The third-order valence-electron chi connectivity index (χ3n) is 6.66. The summed E-state index contributed by atoms with van der Waals surface area (Å²) < 4.78 is 8.03. The first-order valence-electron chi connectivity index (χ1n) is 12.5. The Morgan fingerprint density at radius 2 is 1.65 bits per heavy atom. The number of hydrogen-bond donors (Lipinski definition) is 1. The molecule has 1 fully saturated rings. The van der Waals surface area contributed by atoms with E-state index in [1.54, 1.807) is 6.07 Å². The highest BCUT2D eigenvalue weighted by atomic mass is 35.5. The molecular formula is C30H29Cl2N3O2. The van der Waals surface area contributed by atoms with Gasteiger partial charge in [-0.15, -0.1) is 0 Å². The second-order valence-corrected chi connectivity index (χ2v) is 10.1. The van der Waals surface area contributed by atoms with E-state index < -0.39 is 0 Å². The van der Waals surface area contributed by atoms with Crippen LogP contribution in [0.2, 0.25) is 10.0 Å². The monoisotopic (exact) mass is 533 g/mol. The molecule has 5 rings (SSSR count). The lowest BCUT2D eigenvalue weighted by Crippen LogP contribution is -2.45. The van der Waals surface area contributed by atoms with Crippen LogP contribution in [0, 0.1) is 6.92 Å². The first-order valence-corrected chi connectivity index (χ1v) is 13.3. The molecule has 0 atom stereocenters. The van der Waals surface area contributed by atoms with Crippen LogP contribution in [0.3, 0.4) is 0 Å². The molecule has 0 spiro atoms. The van der Waals surface area contributed by atoms with Crippen molar-refractivity contribution in [2.24, 2.45) is 0 Å². The molecule has 0 unspecified atom stereocenters. The predicted octanol–water partition coefficient (Wildman–Crippen LogP) is 7.47. The number of nitrogens with one attached hydrogen (secondary N) is 1. The number of carbonyl (C=O) groups is 1. The molecule has 5 nitrogen and oxygen atoms in total. The van der Waals surface area contributed by atoms with E-state index in [-0.39, 0.29) is 5.91 Å². The Hall–Kier alpha value is -3.25. The largest absolute Gasteiger partial charge is 0.489 e. The van der Waals surface area contributed by atoms with E-state index in [1.165, 1.54) is 6.42 Å². The number of benzene rings is 3. The number of piperidine rings is 1. The number of ether oxygens (including phenoxy) is 1. The molecule has 0 bridgehead atoms. The normalized spacial score (nSPS) is 13.9. The maximum absolute atomic E-state index is 13.3. The summed E-state index contributed by atoms with van der Waals surface area (Å²) in [6.07, 6.45) is 3.38. The minimum atomic E-state index is -0.118. The van der Waals surface area contributed by atoms with Crippen LogP contribution in [-0.2, 0) is 6.61 Å². The van der Waals surface area contributed by atoms with E-state index in [2.05, 4.69) is 9.99 Å². The van der Waals surface area contributed by atoms with Gasteiger partial charge in [-0.1, -0.05) is 60.0 Å². The van der Waals surface area contributed by atoms with Gasteiger partial charge < -0.3 is 9.30 Å². The van der Waals surface area contributed by atoms with Crippen molar-refractivity contribution in [3.8, 4) is 22.7 Å². The summed E-state index contributed by atoms with van der Waals surface area (Å²) in [6.45, 7) is 4.19. The molecule has 37 heavy (non-hydrogen) atoms. The Kier molecular flexibility index (Phi) is 7.85. The summed E-state index contributed by atoms with van der Waals surface area (Å²) in [6, 6.07) is 25.3. The van der Waals surface area contributed by atoms with Crippen LogP contribution in [0.25, 0.3) is 16.9 Å². The van der Waals surface area contributed by atoms with Crippen molar-refractivity contribution < 1.29 is 9.53 Å². The number of nitrogens with zero attached hydrogens (tertiary/aromatic N) is 2. The zero-order valence-corrected chi connectivity index (χ0v) is 22.2. The smallest absolute Gasteiger partial charge is 0.267 e. The fraction of sp³-hybridized carbons (Fsp3) is 0.233. The van der Waals surface area contributed by atoms with Crippen molar-refractivity contribution in [3.63, 3.8) is 0 Å². The lowest BCUT2D eigenvalue weighted by molar-refractivity contribution is 0.0749. The second-order valence-electron chi connectivity index (χ2n) is 9.25. The van der Waals surface area contributed by atoms with Gasteiger partial charge in [-0.05, 0) is 73.9 Å². The molecule has 1 aliphatic rings. The highest BCUT2D eigenvalue weighted by Gasteiger charge is 2.23. The summed E-state index contributed by atoms with van der Waals surface area (Å²) in [7, 11) is 0. The Morgan fingerprint density at radius 3 is 2.35 bits per heavy atom. The lowest BCUT2D eigenvalue weighted by Gasteiger charge is -2.26. The molecule has 190 valence electrons. The third kappa shape index (κ3) is 5.85. The summed E-state index contributed by atoms with van der Waals surface area (Å²) in [5, 5.41) is 3.10. The molecule has 1 N–H and O–H groups in total. The zero-order chi connectivity index (χ0) is 25.8. The molecule has 1 amide bonds. The van der Waals surface area contributed by atoms with Crippen molar-refractivity contribution in [3.05, 3.63) is 106 Å². The highest BCUT2D eigenvalue weighted by molar-refractivity contribution is 6.36. The van der Waals surface area contributed by atoms with Crippen LogP contribution in [0.5, 0.6) is 5.75 Å². The first kappa shape index (κ1) is 25.4. The number of rotatable bonds is 7. The van der Waals surface area contributed by atoms with Crippen molar-refractivity contribution in [2.45, 2.75) is 32.8 Å². The Bertz CT molecular complexity index is 1380. The van der Waals surface area contributed by atoms with Gasteiger partial charge in [0.1, 0.15) is 12.4 Å². The molecule has 3 aromatic carbocycles. The van der Waals surface area contributed by atoms with Gasteiger partial charge in [-0.25, -0.2) is 5.01 Å². The highest BCUT2D eigenvalue weighted by Crippen LogP contribution is 2.35. The maximum Gasteiger partial charge on any atom is 0.267 e. The van der Waals surface area contributed by atoms with E-state index in [0.717, 1.165) is 59.9 Å². The third-order valence-corrected chi connectivity index (χ3v) is 7.21. The summed E-state index contributed by atoms with van der Waals surface area (Å²) in [5.74, 6) is 0.652. The van der Waals surface area contributed by atoms with Crippen LogP contribution in [0.15, 0.2) is 78.9 Å². The number of hydrogen-bond acceptors (Lipinski definition) is 3. The predicted molar refractivity (Wildman–Crippen MR) is 150 cm³/mol. The van der Waals surface area contributed by atoms with Crippen LogP contribution >= 0.6 is 23.2 Å². The van der Waals surface area contributed by atoms with E-state index >= 15 is 0 Å². The lowest BCUT2D eigenvalue weighted by atomic mass is 10.1. The number of halogens is 2. The zero-order valence-electron chi connectivity index (χ0n) is 20.7. The van der Waals surface area contributed by atoms with Gasteiger partial charge >= 0.3 is 0 Å². The standard InChI is InChI=1S/C30H29Cl2N3O2/c1-21-27(30(36)33-34-16-6-3-7-17-34)19-29(26-15-10-23(31)18-28(26)32)35(21)24-11-13-25(14-12-24)37-20-22-8-4-2-5-9-22/h2,4-5,8-15,18-19H,3,6-7,16-17,20H2,1H3,(H,33,36). The minimum Gasteiger partial charge on any atom is -0.489 e. The SMILES string of the molecule is Cc1c(C(=O)NN2CCCCC2)cc(-c2ccc(Cl)cc2Cl)n1-c1ccc(OCc2ccccc2)cc1. The number of carbonyl (C=O) groups excluding carboxylic acids is 1. The number of hydrazine groups is 1. The second kappa shape index (κ2) is 11.4. The van der Waals surface area contributed by atoms with Crippen molar-refractivity contribution >= 4 is 29.1 Å². The van der Waals surface area contributed by atoms with Gasteiger partial charge in [0.15, 0.2) is 0 Å². The molecule has 0 radical (unpaired) electrons. The number of amides is 1. The van der Waals surface area contributed by atoms with Crippen LogP contribution < -0.4 is 10.2 Å². The molecule has 1 saturated heterocycles. The van der Waals surface area contributed by atoms with Crippen LogP contribution in [0.4, 0.5) is 0 Å². The van der Waals surface area contributed by atoms with Gasteiger partial charge in [0.2, 0.25) is 0 Å². The minimum absolute atomic E-state index is 0.118. The van der Waals surface area contributed by atoms with E-state index in [4.69, 9.17) is 27.9 Å². The summed E-state index contributed by atoms with van der Waals surface area (Å²) in [4.78, 5) is 13.3. The molecule has 1 aliphatic heterocycles. The Morgan fingerprint density at radius 1 is 0.919 bits per heavy atom. The molecule has 4 aromatic rings. The van der Waals surface area contributed by atoms with Crippen molar-refractivity contribution in [1.82, 2.24) is 15.0 Å². The summed E-state index contributed by atoms with van der Waals surface area (Å²) in [5.41, 5.74) is 8.16. The average Bonchev–Trinajstić information content (AvgIpc) is 3.25. The van der Waals surface area contributed by atoms with Crippen molar-refractivity contribution in [2.75, 3.05) is 13.1 Å². The molecule has 2 heterocycles. The van der Waals surface area contributed by atoms with E-state index in [0.29, 0.717) is 22.2 Å². The van der Waals surface area contributed by atoms with Crippen LogP contribution in [-0.4, -0.2) is 28.6 Å². The quantitative estimate of drug-likeness (QED) is 0.268. The Balaban J connectivity index is 1.47. The van der Waals surface area contributed by atoms with Gasteiger partial charge in [0.25, 0.3) is 5.91 Å².